The van der Waals surface area contributed by atoms with Crippen molar-refractivity contribution in [1.82, 2.24) is 24.9 Å². The fraction of sp³-hybridized carbons (Fsp3) is 0.429. The van der Waals surface area contributed by atoms with Gasteiger partial charge in [-0.05, 0) is 55.0 Å². The summed E-state index contributed by atoms with van der Waals surface area (Å²) in [4.78, 5) is 44.4. The molecule has 1 saturated heterocycles. The molecule has 0 saturated carbocycles. The standard InChI is InChI=1S/C28H34N6O3/c1-18-12-19(14-22-16-29-31-26(18)22)13-21(27(36)32(2)3)15-25(35)33-10-8-23(9-11-33)34-17-20-6-4-5-7-24(20)30-28(34)37/h4-7,12,14,16,21,23H,8-11,13,15,17H2,1-3H3,(H,29,31)(H,30,37). The van der Waals surface area contributed by atoms with Gasteiger partial charge in [0.2, 0.25) is 11.8 Å². The summed E-state index contributed by atoms with van der Waals surface area (Å²) in [7, 11) is 3.47. The topological polar surface area (TPSA) is 102 Å². The Morgan fingerprint density at radius 3 is 2.68 bits per heavy atom. The molecule has 1 atom stereocenters. The lowest BCUT2D eigenvalue weighted by atomic mass is 9.92. The second-order valence-electron chi connectivity index (χ2n) is 10.4. The van der Waals surface area contributed by atoms with Crippen LogP contribution in [0.5, 0.6) is 0 Å². The van der Waals surface area contributed by atoms with Crippen LogP contribution in [0.1, 0.15) is 36.0 Å². The number of likely N-dealkylation sites (tertiary alicyclic amines) is 1. The van der Waals surface area contributed by atoms with Gasteiger partial charge in [0.1, 0.15) is 0 Å². The highest BCUT2D eigenvalue weighted by Gasteiger charge is 2.34. The number of nitrogens with one attached hydrogen (secondary N) is 2. The predicted molar refractivity (Wildman–Crippen MR) is 142 cm³/mol. The molecule has 2 aliphatic rings. The Kier molecular flexibility index (Phi) is 6.86. The molecule has 3 heterocycles. The first-order valence-corrected chi connectivity index (χ1v) is 12.9. The number of anilines is 1. The number of H-pyrrole nitrogens is 1. The van der Waals surface area contributed by atoms with E-state index in [1.54, 1.807) is 25.2 Å². The second kappa shape index (κ2) is 10.2. The average molecular weight is 503 g/mol. The first-order chi connectivity index (χ1) is 17.8. The van der Waals surface area contributed by atoms with Gasteiger partial charge in [0, 0.05) is 57.3 Å². The van der Waals surface area contributed by atoms with Gasteiger partial charge in [-0.25, -0.2) is 4.79 Å². The summed E-state index contributed by atoms with van der Waals surface area (Å²) < 4.78 is 0. The van der Waals surface area contributed by atoms with E-state index < -0.39 is 5.92 Å². The van der Waals surface area contributed by atoms with Crippen LogP contribution in [0, 0.1) is 12.8 Å². The number of rotatable bonds is 6. The third-order valence-electron chi connectivity index (χ3n) is 7.62. The molecule has 0 bridgehead atoms. The van der Waals surface area contributed by atoms with E-state index >= 15 is 0 Å². The quantitative estimate of drug-likeness (QED) is 0.538. The summed E-state index contributed by atoms with van der Waals surface area (Å²) in [6.07, 6.45) is 3.90. The molecule has 1 aromatic heterocycles. The SMILES string of the molecule is Cc1cc(CC(CC(=O)N2CCC(N3Cc4ccccc4NC3=O)CC2)C(=O)N(C)C)cc2cn[nH]c12. The molecular weight excluding hydrogens is 468 g/mol. The maximum absolute atomic E-state index is 13.3. The smallest absolute Gasteiger partial charge is 0.322 e. The van der Waals surface area contributed by atoms with Crippen LogP contribution in [0.15, 0.2) is 42.6 Å². The number of carbonyl (C=O) groups is 3. The van der Waals surface area contributed by atoms with Crippen LogP contribution >= 0.6 is 0 Å². The van der Waals surface area contributed by atoms with Gasteiger partial charge in [0.15, 0.2) is 0 Å². The van der Waals surface area contributed by atoms with Crippen LogP contribution < -0.4 is 5.32 Å². The van der Waals surface area contributed by atoms with Gasteiger partial charge in [-0.2, -0.15) is 5.10 Å². The van der Waals surface area contributed by atoms with Crippen molar-refractivity contribution in [3.8, 4) is 0 Å². The van der Waals surface area contributed by atoms with Gasteiger partial charge < -0.3 is 20.0 Å². The average Bonchev–Trinajstić information content (AvgIpc) is 3.37. The number of urea groups is 1. The molecule has 2 aliphatic heterocycles. The van der Waals surface area contributed by atoms with E-state index in [4.69, 9.17) is 0 Å². The Morgan fingerprint density at radius 2 is 1.92 bits per heavy atom. The fourth-order valence-corrected chi connectivity index (χ4v) is 5.61. The summed E-state index contributed by atoms with van der Waals surface area (Å²) in [5.41, 5.74) is 5.06. The Hall–Kier alpha value is -3.88. The van der Waals surface area contributed by atoms with Crippen molar-refractivity contribution in [2.75, 3.05) is 32.5 Å². The Labute approximate surface area is 216 Å². The summed E-state index contributed by atoms with van der Waals surface area (Å²) in [5, 5.41) is 11.1. The van der Waals surface area contributed by atoms with Crippen molar-refractivity contribution in [3.63, 3.8) is 0 Å². The minimum absolute atomic E-state index is 0.00629. The molecule has 9 nitrogen and oxygen atoms in total. The second-order valence-corrected chi connectivity index (χ2v) is 10.4. The highest BCUT2D eigenvalue weighted by molar-refractivity contribution is 5.92. The third kappa shape index (κ3) is 5.16. The van der Waals surface area contributed by atoms with Crippen LogP contribution in [0.25, 0.3) is 10.9 Å². The molecule has 194 valence electrons. The number of para-hydroxylation sites is 1. The van der Waals surface area contributed by atoms with Gasteiger partial charge in [-0.15, -0.1) is 0 Å². The number of fused-ring (bicyclic) bond motifs is 2. The lowest BCUT2D eigenvalue weighted by Crippen LogP contribution is -2.51. The van der Waals surface area contributed by atoms with Crippen LogP contribution in [0.4, 0.5) is 10.5 Å². The maximum atomic E-state index is 13.3. The van der Waals surface area contributed by atoms with E-state index in [1.165, 1.54) is 0 Å². The number of hydrogen-bond donors (Lipinski definition) is 2. The summed E-state index contributed by atoms with van der Waals surface area (Å²) in [6.45, 7) is 3.76. The lowest BCUT2D eigenvalue weighted by molar-refractivity contribution is -0.140. The zero-order chi connectivity index (χ0) is 26.1. The van der Waals surface area contributed by atoms with Gasteiger partial charge >= 0.3 is 6.03 Å². The van der Waals surface area contributed by atoms with Crippen LogP contribution in [-0.2, 0) is 22.6 Å². The van der Waals surface area contributed by atoms with Crippen molar-refractivity contribution in [2.45, 2.75) is 45.2 Å². The highest BCUT2D eigenvalue weighted by atomic mass is 16.2. The Balaban J connectivity index is 1.22. The summed E-state index contributed by atoms with van der Waals surface area (Å²) in [5.74, 6) is -0.488. The van der Waals surface area contributed by atoms with Crippen molar-refractivity contribution in [3.05, 3.63) is 59.3 Å². The number of benzene rings is 2. The van der Waals surface area contributed by atoms with E-state index in [-0.39, 0.29) is 30.3 Å². The summed E-state index contributed by atoms with van der Waals surface area (Å²) >= 11 is 0. The number of nitrogens with zero attached hydrogens (tertiary/aromatic N) is 4. The first kappa shape index (κ1) is 24.8. The van der Waals surface area contributed by atoms with E-state index in [2.05, 4.69) is 21.6 Å². The molecular formula is C28H34N6O3. The van der Waals surface area contributed by atoms with E-state index in [0.717, 1.165) is 46.1 Å². The van der Waals surface area contributed by atoms with E-state index in [0.29, 0.717) is 26.1 Å². The number of aryl methyl sites for hydroxylation is 1. The van der Waals surface area contributed by atoms with Crippen molar-refractivity contribution in [2.24, 2.45) is 5.92 Å². The normalized spacial score (nSPS) is 16.9. The minimum atomic E-state index is -0.437. The molecule has 1 fully saturated rings. The zero-order valence-corrected chi connectivity index (χ0v) is 21.7. The van der Waals surface area contributed by atoms with E-state index in [1.807, 2.05) is 47.1 Å². The number of aromatic amines is 1. The fourth-order valence-electron chi connectivity index (χ4n) is 5.61. The van der Waals surface area contributed by atoms with Gasteiger partial charge in [0.05, 0.1) is 17.6 Å². The van der Waals surface area contributed by atoms with Gasteiger partial charge in [0.25, 0.3) is 0 Å². The van der Waals surface area contributed by atoms with Crippen molar-refractivity contribution in [1.29, 1.82) is 0 Å². The largest absolute Gasteiger partial charge is 0.349 e. The summed E-state index contributed by atoms with van der Waals surface area (Å²) in [6, 6.07) is 12.0. The van der Waals surface area contributed by atoms with E-state index in [9.17, 15) is 14.4 Å². The van der Waals surface area contributed by atoms with Crippen LogP contribution in [0.3, 0.4) is 0 Å². The minimum Gasteiger partial charge on any atom is -0.349 e. The Bertz CT molecular complexity index is 1320. The number of hydrogen-bond acceptors (Lipinski definition) is 4. The zero-order valence-electron chi connectivity index (χ0n) is 21.7. The number of aromatic nitrogens is 2. The maximum Gasteiger partial charge on any atom is 0.322 e. The third-order valence-corrected chi connectivity index (χ3v) is 7.62. The van der Waals surface area contributed by atoms with Crippen LogP contribution in [-0.4, -0.2) is 76.0 Å². The molecule has 2 aromatic carbocycles. The molecule has 0 radical (unpaired) electrons. The van der Waals surface area contributed by atoms with Crippen molar-refractivity contribution >= 4 is 34.4 Å². The Morgan fingerprint density at radius 1 is 1.16 bits per heavy atom. The molecule has 5 rings (SSSR count). The molecule has 4 amide bonds. The monoisotopic (exact) mass is 502 g/mol. The molecule has 9 heteroatoms. The molecule has 2 N–H and O–H groups in total. The molecule has 1 unspecified atom stereocenters. The molecule has 0 aliphatic carbocycles. The number of amides is 4. The first-order valence-electron chi connectivity index (χ1n) is 12.9. The van der Waals surface area contributed by atoms with Crippen molar-refractivity contribution < 1.29 is 14.4 Å². The predicted octanol–water partition coefficient (Wildman–Crippen LogP) is 3.55. The molecule has 37 heavy (non-hydrogen) atoms. The highest BCUT2D eigenvalue weighted by Crippen LogP contribution is 2.28. The van der Waals surface area contributed by atoms with Crippen LogP contribution in [0.2, 0.25) is 0 Å². The van der Waals surface area contributed by atoms with Gasteiger partial charge in [-0.1, -0.05) is 24.3 Å². The van der Waals surface area contributed by atoms with Gasteiger partial charge in [-0.3, -0.25) is 14.7 Å². The molecule has 0 spiro atoms. The number of carbonyl (C=O) groups excluding carboxylic acids is 3. The molecule has 3 aromatic rings. The lowest BCUT2D eigenvalue weighted by Gasteiger charge is -2.40. The number of piperidine rings is 1.